The van der Waals surface area contributed by atoms with Crippen LogP contribution in [0.5, 0.6) is 0 Å². The maximum atomic E-state index is 11.8. The van der Waals surface area contributed by atoms with Gasteiger partial charge < -0.3 is 16.0 Å². The summed E-state index contributed by atoms with van der Waals surface area (Å²) in [5.41, 5.74) is 6.73. The zero-order valence-corrected chi connectivity index (χ0v) is 13.1. The molecule has 1 aliphatic heterocycles. The molecule has 1 aliphatic rings. The van der Waals surface area contributed by atoms with Crippen LogP contribution in [0.3, 0.4) is 0 Å². The molecule has 0 aromatic heterocycles. The van der Waals surface area contributed by atoms with Gasteiger partial charge in [0.25, 0.3) is 5.91 Å². The Morgan fingerprint density at radius 2 is 1.82 bits per heavy atom. The van der Waals surface area contributed by atoms with Crippen LogP contribution in [0.2, 0.25) is 0 Å². The molecular formula is C17H26N4O. The number of hydrogen-bond acceptors (Lipinski definition) is 2. The number of nitrogens with two attached hydrogens (primary N) is 1. The highest BCUT2D eigenvalue weighted by Crippen LogP contribution is 2.09. The van der Waals surface area contributed by atoms with Gasteiger partial charge in [0.1, 0.15) is 0 Å². The Kier molecular flexibility index (Phi) is 6.74. The lowest BCUT2D eigenvalue weighted by Gasteiger charge is -2.21. The van der Waals surface area contributed by atoms with E-state index in [1.165, 1.54) is 25.7 Å². The van der Waals surface area contributed by atoms with Gasteiger partial charge >= 0.3 is 0 Å². The molecule has 3 N–H and O–H groups in total. The van der Waals surface area contributed by atoms with Crippen molar-refractivity contribution in [2.45, 2.75) is 32.1 Å². The Hall–Kier alpha value is -2.04. The molecule has 0 spiro atoms. The predicted octanol–water partition coefficient (Wildman–Crippen LogP) is 2.00. The summed E-state index contributed by atoms with van der Waals surface area (Å²) in [6, 6.07) is 9.24. The average Bonchev–Trinajstić information content (AvgIpc) is 2.84. The van der Waals surface area contributed by atoms with E-state index in [1.807, 2.05) is 30.3 Å². The zero-order chi connectivity index (χ0) is 15.6. The molecule has 1 heterocycles. The summed E-state index contributed by atoms with van der Waals surface area (Å²) in [5, 5.41) is 2.90. The molecule has 22 heavy (non-hydrogen) atoms. The van der Waals surface area contributed by atoms with Crippen LogP contribution in [0.1, 0.15) is 42.5 Å². The molecule has 1 fully saturated rings. The minimum atomic E-state index is -0.0370. The molecular weight excluding hydrogens is 276 g/mol. The van der Waals surface area contributed by atoms with Crippen LogP contribution in [0.15, 0.2) is 35.3 Å². The second-order valence-electron chi connectivity index (χ2n) is 5.62. The highest BCUT2D eigenvalue weighted by atomic mass is 16.1. The first-order valence-corrected chi connectivity index (χ1v) is 8.15. The lowest BCUT2D eigenvalue weighted by Crippen LogP contribution is -2.38. The molecule has 0 bridgehead atoms. The number of aliphatic imine (C=N–C) groups is 1. The number of nitrogens with one attached hydrogen (secondary N) is 1. The normalized spacial score (nSPS) is 16.2. The molecule has 2 rings (SSSR count). The number of guanidine groups is 1. The van der Waals surface area contributed by atoms with Gasteiger partial charge in [0.05, 0.1) is 0 Å². The molecule has 1 aromatic carbocycles. The first-order chi connectivity index (χ1) is 10.8. The van der Waals surface area contributed by atoms with Crippen molar-refractivity contribution in [1.29, 1.82) is 0 Å². The van der Waals surface area contributed by atoms with E-state index in [4.69, 9.17) is 5.73 Å². The van der Waals surface area contributed by atoms with Crippen molar-refractivity contribution in [3.63, 3.8) is 0 Å². The Labute approximate surface area is 132 Å². The molecule has 0 atom stereocenters. The van der Waals surface area contributed by atoms with E-state index in [9.17, 15) is 4.79 Å². The monoisotopic (exact) mass is 302 g/mol. The van der Waals surface area contributed by atoms with E-state index in [0.29, 0.717) is 24.6 Å². The molecule has 5 nitrogen and oxygen atoms in total. The van der Waals surface area contributed by atoms with E-state index in [0.717, 1.165) is 19.5 Å². The zero-order valence-electron chi connectivity index (χ0n) is 13.1. The highest BCUT2D eigenvalue weighted by Gasteiger charge is 2.10. The van der Waals surface area contributed by atoms with E-state index < -0.39 is 0 Å². The van der Waals surface area contributed by atoms with Gasteiger partial charge in [-0.15, -0.1) is 0 Å². The van der Waals surface area contributed by atoms with E-state index in [-0.39, 0.29) is 5.91 Å². The number of rotatable bonds is 5. The molecule has 0 aliphatic carbocycles. The summed E-state index contributed by atoms with van der Waals surface area (Å²) in [6.07, 6.45) is 5.77. The van der Waals surface area contributed by atoms with Crippen molar-refractivity contribution in [2.75, 3.05) is 26.2 Å². The standard InChI is InChI=1S/C17H26N4O/c18-17(21-13-6-1-2-7-14-21)20-12-8-11-19-16(22)15-9-4-3-5-10-15/h3-5,9-10H,1-2,6-8,11-14H2,(H2,18,20)(H,19,22). The third-order valence-corrected chi connectivity index (χ3v) is 3.86. The molecule has 0 saturated carbocycles. The van der Waals surface area contributed by atoms with Crippen LogP contribution in [0.25, 0.3) is 0 Å². The molecule has 120 valence electrons. The van der Waals surface area contributed by atoms with Crippen LogP contribution >= 0.6 is 0 Å². The van der Waals surface area contributed by atoms with E-state index in [1.54, 1.807) is 0 Å². The van der Waals surface area contributed by atoms with Crippen LogP contribution in [-0.2, 0) is 0 Å². The van der Waals surface area contributed by atoms with Gasteiger partial charge in [-0.2, -0.15) is 0 Å². The van der Waals surface area contributed by atoms with Gasteiger partial charge in [0.15, 0.2) is 5.96 Å². The van der Waals surface area contributed by atoms with Crippen LogP contribution in [0.4, 0.5) is 0 Å². The van der Waals surface area contributed by atoms with E-state index in [2.05, 4.69) is 15.2 Å². The first kappa shape index (κ1) is 16.3. The number of benzene rings is 1. The number of amides is 1. The summed E-state index contributed by atoms with van der Waals surface area (Å²) in [4.78, 5) is 18.5. The van der Waals surface area contributed by atoms with Gasteiger partial charge in [-0.25, -0.2) is 0 Å². The number of carbonyl (C=O) groups is 1. The second kappa shape index (κ2) is 9.07. The molecule has 5 heteroatoms. The first-order valence-electron chi connectivity index (χ1n) is 8.15. The minimum absolute atomic E-state index is 0.0370. The maximum Gasteiger partial charge on any atom is 0.251 e. The molecule has 1 saturated heterocycles. The molecule has 1 amide bonds. The van der Waals surface area contributed by atoms with Crippen molar-refractivity contribution in [2.24, 2.45) is 10.7 Å². The number of likely N-dealkylation sites (tertiary alicyclic amines) is 1. The fraction of sp³-hybridized carbons (Fsp3) is 0.529. The predicted molar refractivity (Wildman–Crippen MR) is 89.9 cm³/mol. The minimum Gasteiger partial charge on any atom is -0.370 e. The Morgan fingerprint density at radius 3 is 2.50 bits per heavy atom. The smallest absolute Gasteiger partial charge is 0.251 e. The molecule has 0 unspecified atom stereocenters. The van der Waals surface area contributed by atoms with Gasteiger partial charge in [-0.1, -0.05) is 31.0 Å². The Morgan fingerprint density at radius 1 is 1.14 bits per heavy atom. The Balaban J connectivity index is 1.65. The lowest BCUT2D eigenvalue weighted by atomic mass is 10.2. The molecule has 0 radical (unpaired) electrons. The quantitative estimate of drug-likeness (QED) is 0.496. The summed E-state index contributed by atoms with van der Waals surface area (Å²) in [7, 11) is 0. The Bertz CT molecular complexity index is 479. The van der Waals surface area contributed by atoms with Crippen molar-refractivity contribution >= 4 is 11.9 Å². The largest absolute Gasteiger partial charge is 0.370 e. The third-order valence-electron chi connectivity index (χ3n) is 3.86. The van der Waals surface area contributed by atoms with Crippen LogP contribution in [-0.4, -0.2) is 42.9 Å². The summed E-state index contributed by atoms with van der Waals surface area (Å²) in [5.74, 6) is 0.612. The highest BCUT2D eigenvalue weighted by molar-refractivity contribution is 5.94. The van der Waals surface area contributed by atoms with Crippen molar-refractivity contribution in [3.05, 3.63) is 35.9 Å². The van der Waals surface area contributed by atoms with Crippen molar-refractivity contribution in [1.82, 2.24) is 10.2 Å². The van der Waals surface area contributed by atoms with Crippen LogP contribution in [0, 0.1) is 0 Å². The van der Waals surface area contributed by atoms with Crippen molar-refractivity contribution < 1.29 is 4.79 Å². The van der Waals surface area contributed by atoms with E-state index >= 15 is 0 Å². The fourth-order valence-electron chi connectivity index (χ4n) is 2.57. The summed E-state index contributed by atoms with van der Waals surface area (Å²) >= 11 is 0. The van der Waals surface area contributed by atoms with Gasteiger partial charge in [0, 0.05) is 31.7 Å². The summed E-state index contributed by atoms with van der Waals surface area (Å²) in [6.45, 7) is 3.29. The van der Waals surface area contributed by atoms with Gasteiger partial charge in [-0.05, 0) is 31.4 Å². The van der Waals surface area contributed by atoms with Gasteiger partial charge in [-0.3, -0.25) is 9.79 Å². The topological polar surface area (TPSA) is 70.7 Å². The fourth-order valence-corrected chi connectivity index (χ4v) is 2.57. The third kappa shape index (κ3) is 5.39. The number of nitrogens with zero attached hydrogens (tertiary/aromatic N) is 2. The van der Waals surface area contributed by atoms with Crippen LogP contribution < -0.4 is 11.1 Å². The summed E-state index contributed by atoms with van der Waals surface area (Å²) < 4.78 is 0. The molecule has 1 aromatic rings. The SMILES string of the molecule is NC(=NCCCNC(=O)c1ccccc1)N1CCCCCC1. The number of hydrogen-bond donors (Lipinski definition) is 2. The second-order valence-corrected chi connectivity index (χ2v) is 5.62. The average molecular weight is 302 g/mol. The maximum absolute atomic E-state index is 11.8. The number of carbonyl (C=O) groups excluding carboxylic acids is 1. The lowest BCUT2D eigenvalue weighted by molar-refractivity contribution is 0.0953. The van der Waals surface area contributed by atoms with Crippen molar-refractivity contribution in [3.8, 4) is 0 Å². The van der Waals surface area contributed by atoms with Gasteiger partial charge in [0.2, 0.25) is 0 Å².